The van der Waals surface area contributed by atoms with Crippen molar-refractivity contribution in [3.05, 3.63) is 23.8 Å². The molecule has 0 fully saturated rings. The molecular formula is C11H14BrNO2. The second kappa shape index (κ2) is 5.16. The number of ether oxygens (including phenoxy) is 1. The molecule has 0 radical (unpaired) electrons. The third-order valence-electron chi connectivity index (χ3n) is 1.97. The summed E-state index contributed by atoms with van der Waals surface area (Å²) in [5.74, 6) is 0.491. The zero-order valence-corrected chi connectivity index (χ0v) is 10.4. The highest BCUT2D eigenvalue weighted by atomic mass is 79.9. The number of rotatable bonds is 4. The summed E-state index contributed by atoms with van der Waals surface area (Å²) in [5.41, 5.74) is 6.69. The number of anilines is 1. The van der Waals surface area contributed by atoms with Gasteiger partial charge >= 0.3 is 0 Å². The fourth-order valence-corrected chi connectivity index (χ4v) is 1.52. The Labute approximate surface area is 97.7 Å². The van der Waals surface area contributed by atoms with Crippen molar-refractivity contribution in [2.24, 2.45) is 0 Å². The summed E-state index contributed by atoms with van der Waals surface area (Å²) in [4.78, 5) is 11.6. The third-order valence-corrected chi connectivity index (χ3v) is 2.38. The van der Waals surface area contributed by atoms with Crippen LogP contribution in [-0.4, -0.2) is 17.2 Å². The minimum atomic E-state index is -0.263. The van der Waals surface area contributed by atoms with Crippen LogP contribution in [0.15, 0.2) is 18.2 Å². The van der Waals surface area contributed by atoms with Gasteiger partial charge in [-0.15, -0.1) is 0 Å². The van der Waals surface area contributed by atoms with Gasteiger partial charge in [0.15, 0.2) is 5.78 Å². The molecule has 1 aromatic rings. The van der Waals surface area contributed by atoms with E-state index in [1.165, 1.54) is 0 Å². The molecule has 2 N–H and O–H groups in total. The quantitative estimate of drug-likeness (QED) is 0.520. The van der Waals surface area contributed by atoms with E-state index in [2.05, 4.69) is 15.9 Å². The molecule has 1 unspecified atom stereocenters. The van der Waals surface area contributed by atoms with Gasteiger partial charge in [-0.3, -0.25) is 4.79 Å². The fourth-order valence-electron chi connectivity index (χ4n) is 1.29. The lowest BCUT2D eigenvalue weighted by Gasteiger charge is -2.12. The van der Waals surface area contributed by atoms with Crippen LogP contribution >= 0.6 is 15.9 Å². The fraction of sp³-hybridized carbons (Fsp3) is 0.364. The van der Waals surface area contributed by atoms with Gasteiger partial charge in [0.25, 0.3) is 0 Å². The van der Waals surface area contributed by atoms with E-state index in [9.17, 15) is 4.79 Å². The Balaban J connectivity index is 3.18. The van der Waals surface area contributed by atoms with Crippen LogP contribution < -0.4 is 10.5 Å². The molecule has 0 aliphatic rings. The second-order valence-electron chi connectivity index (χ2n) is 3.13. The maximum absolute atomic E-state index is 11.9. The Morgan fingerprint density at radius 2 is 2.27 bits per heavy atom. The Bertz CT molecular complexity index is 364. The SMILES string of the molecule is CCOc1cccc(N)c1C(=O)C(C)Br. The lowest BCUT2D eigenvalue weighted by molar-refractivity contribution is 0.0993. The number of benzene rings is 1. The van der Waals surface area contributed by atoms with Gasteiger partial charge in [-0.1, -0.05) is 22.0 Å². The molecular weight excluding hydrogens is 258 g/mol. The van der Waals surface area contributed by atoms with E-state index in [0.717, 1.165) is 0 Å². The Morgan fingerprint density at radius 3 is 2.80 bits per heavy atom. The molecule has 1 atom stereocenters. The van der Waals surface area contributed by atoms with E-state index in [1.807, 2.05) is 6.92 Å². The predicted octanol–water partition coefficient (Wildman–Crippen LogP) is 2.63. The van der Waals surface area contributed by atoms with Crippen molar-refractivity contribution in [1.82, 2.24) is 0 Å². The van der Waals surface area contributed by atoms with Crippen LogP contribution in [0.2, 0.25) is 0 Å². The number of nitrogens with two attached hydrogens (primary N) is 1. The van der Waals surface area contributed by atoms with E-state index in [-0.39, 0.29) is 10.6 Å². The molecule has 0 amide bonds. The third kappa shape index (κ3) is 2.72. The van der Waals surface area contributed by atoms with E-state index in [1.54, 1.807) is 25.1 Å². The second-order valence-corrected chi connectivity index (χ2v) is 4.51. The summed E-state index contributed by atoms with van der Waals surface area (Å²) in [6.07, 6.45) is 0. The highest BCUT2D eigenvalue weighted by molar-refractivity contribution is 9.10. The molecule has 82 valence electrons. The van der Waals surface area contributed by atoms with Gasteiger partial charge in [-0.05, 0) is 26.0 Å². The molecule has 0 saturated heterocycles. The van der Waals surface area contributed by atoms with Gasteiger partial charge in [0.1, 0.15) is 5.75 Å². The zero-order valence-electron chi connectivity index (χ0n) is 8.79. The molecule has 4 heteroatoms. The van der Waals surface area contributed by atoms with Crippen LogP contribution in [0.3, 0.4) is 0 Å². The Kier molecular flexibility index (Phi) is 4.15. The van der Waals surface area contributed by atoms with Gasteiger partial charge in [0.05, 0.1) is 17.0 Å². The van der Waals surface area contributed by atoms with E-state index in [4.69, 9.17) is 10.5 Å². The van der Waals surface area contributed by atoms with Gasteiger partial charge < -0.3 is 10.5 Å². The van der Waals surface area contributed by atoms with Crippen LogP contribution in [0.4, 0.5) is 5.69 Å². The van der Waals surface area contributed by atoms with Crippen LogP contribution in [0, 0.1) is 0 Å². The molecule has 0 bridgehead atoms. The minimum Gasteiger partial charge on any atom is -0.493 e. The zero-order chi connectivity index (χ0) is 11.4. The lowest BCUT2D eigenvalue weighted by atomic mass is 10.1. The largest absolute Gasteiger partial charge is 0.493 e. The molecule has 1 rings (SSSR count). The molecule has 0 spiro atoms. The summed E-state index contributed by atoms with van der Waals surface area (Å²) in [6, 6.07) is 5.23. The van der Waals surface area contributed by atoms with E-state index < -0.39 is 0 Å². The highest BCUT2D eigenvalue weighted by Crippen LogP contribution is 2.27. The first-order valence-corrected chi connectivity index (χ1v) is 5.69. The number of carbonyl (C=O) groups is 1. The Morgan fingerprint density at radius 1 is 1.60 bits per heavy atom. The van der Waals surface area contributed by atoms with Crippen LogP contribution in [0.5, 0.6) is 5.75 Å². The molecule has 0 aromatic heterocycles. The number of ketones is 1. The van der Waals surface area contributed by atoms with E-state index in [0.29, 0.717) is 23.6 Å². The maximum Gasteiger partial charge on any atom is 0.181 e. The summed E-state index contributed by atoms with van der Waals surface area (Å²) in [6.45, 7) is 4.15. The van der Waals surface area contributed by atoms with Crippen LogP contribution in [0.25, 0.3) is 0 Å². The summed E-state index contributed by atoms with van der Waals surface area (Å²) < 4.78 is 5.37. The molecule has 0 aliphatic heterocycles. The van der Waals surface area contributed by atoms with Crippen molar-refractivity contribution >= 4 is 27.4 Å². The number of alkyl halides is 1. The molecule has 0 aliphatic carbocycles. The summed E-state index contributed by atoms with van der Waals surface area (Å²) >= 11 is 3.24. The molecule has 3 nitrogen and oxygen atoms in total. The smallest absolute Gasteiger partial charge is 0.181 e. The maximum atomic E-state index is 11.9. The van der Waals surface area contributed by atoms with Crippen LogP contribution in [0.1, 0.15) is 24.2 Å². The number of Topliss-reactive ketones (excluding diaryl/α,β-unsaturated/α-hetero) is 1. The highest BCUT2D eigenvalue weighted by Gasteiger charge is 2.19. The normalized spacial score (nSPS) is 12.2. The predicted molar refractivity (Wildman–Crippen MR) is 64.7 cm³/mol. The molecule has 15 heavy (non-hydrogen) atoms. The Hall–Kier alpha value is -1.03. The minimum absolute atomic E-state index is 0.0587. The van der Waals surface area contributed by atoms with Crippen molar-refractivity contribution < 1.29 is 9.53 Å². The number of carbonyl (C=O) groups excluding carboxylic acids is 1. The van der Waals surface area contributed by atoms with Gasteiger partial charge in [0, 0.05) is 5.69 Å². The molecule has 1 aromatic carbocycles. The average molecular weight is 272 g/mol. The van der Waals surface area contributed by atoms with Crippen molar-refractivity contribution in [2.75, 3.05) is 12.3 Å². The van der Waals surface area contributed by atoms with Crippen molar-refractivity contribution in [2.45, 2.75) is 18.7 Å². The topological polar surface area (TPSA) is 52.3 Å². The number of hydrogen-bond acceptors (Lipinski definition) is 3. The monoisotopic (exact) mass is 271 g/mol. The van der Waals surface area contributed by atoms with E-state index >= 15 is 0 Å². The summed E-state index contributed by atoms with van der Waals surface area (Å²) in [5, 5.41) is 0. The first-order chi connectivity index (χ1) is 7.07. The van der Waals surface area contributed by atoms with Gasteiger partial charge in [-0.2, -0.15) is 0 Å². The molecule has 0 heterocycles. The average Bonchev–Trinajstić information content (AvgIpc) is 2.17. The first-order valence-electron chi connectivity index (χ1n) is 4.77. The summed E-state index contributed by atoms with van der Waals surface area (Å²) in [7, 11) is 0. The first kappa shape index (κ1) is 12.0. The standard InChI is InChI=1S/C11H14BrNO2/c1-3-15-9-6-4-5-8(13)10(9)11(14)7(2)12/h4-7H,3,13H2,1-2H3. The number of nitrogen functional groups attached to an aromatic ring is 1. The van der Waals surface area contributed by atoms with Crippen molar-refractivity contribution in [3.63, 3.8) is 0 Å². The van der Waals surface area contributed by atoms with Gasteiger partial charge in [-0.25, -0.2) is 0 Å². The van der Waals surface area contributed by atoms with Crippen molar-refractivity contribution in [1.29, 1.82) is 0 Å². The molecule has 0 saturated carbocycles. The van der Waals surface area contributed by atoms with Gasteiger partial charge in [0.2, 0.25) is 0 Å². The number of hydrogen-bond donors (Lipinski definition) is 1. The van der Waals surface area contributed by atoms with Crippen LogP contribution in [-0.2, 0) is 0 Å². The lowest BCUT2D eigenvalue weighted by Crippen LogP contribution is -2.14. The number of halogens is 1. The van der Waals surface area contributed by atoms with Crippen molar-refractivity contribution in [3.8, 4) is 5.75 Å².